The highest BCUT2D eigenvalue weighted by Gasteiger charge is 2.12. The van der Waals surface area contributed by atoms with Crippen molar-refractivity contribution in [3.63, 3.8) is 0 Å². The molecular weight excluding hydrogens is 364 g/mol. The Kier molecular flexibility index (Phi) is 25.4. The summed E-state index contributed by atoms with van der Waals surface area (Å²) in [6.07, 6.45) is 3.32. The summed E-state index contributed by atoms with van der Waals surface area (Å²) < 4.78 is 1.02. The van der Waals surface area contributed by atoms with Crippen LogP contribution in [-0.4, -0.2) is 29.0 Å². The Morgan fingerprint density at radius 2 is 1.29 bits per heavy atom. The van der Waals surface area contributed by atoms with Crippen LogP contribution >= 0.6 is 15.9 Å². The van der Waals surface area contributed by atoms with Crippen LogP contribution in [0.3, 0.4) is 0 Å². The van der Waals surface area contributed by atoms with Gasteiger partial charge in [-0.15, -0.1) is 0 Å². The number of hydrogen-bond donors (Lipinski definition) is 1. The summed E-state index contributed by atoms with van der Waals surface area (Å²) in [5.41, 5.74) is 0.942. The smallest absolute Gasteiger partial charge is 0.175 e. The Morgan fingerprint density at radius 3 is 1.58 bits per heavy atom. The van der Waals surface area contributed by atoms with E-state index >= 15 is 0 Å². The Balaban J connectivity index is -0.000000549. The van der Waals surface area contributed by atoms with Crippen LogP contribution in [0.5, 0.6) is 0 Å². The molecule has 0 heterocycles. The Labute approximate surface area is 159 Å². The first kappa shape index (κ1) is 27.8. The fourth-order valence-electron chi connectivity index (χ4n) is 1.77. The lowest BCUT2D eigenvalue weighted by Gasteiger charge is -2.24. The van der Waals surface area contributed by atoms with Gasteiger partial charge in [-0.1, -0.05) is 95.0 Å². The lowest BCUT2D eigenvalue weighted by molar-refractivity contribution is 0.300. The molecule has 1 aromatic carbocycles. The molecule has 0 fully saturated rings. The number of nitrogens with zero attached hydrogens (tertiary/aromatic N) is 2. The molecule has 0 bridgehead atoms. The van der Waals surface area contributed by atoms with Crippen molar-refractivity contribution in [2.45, 2.75) is 74.7 Å². The van der Waals surface area contributed by atoms with E-state index in [0.29, 0.717) is 5.84 Å². The fourth-order valence-corrected chi connectivity index (χ4v) is 2.03. The van der Waals surface area contributed by atoms with Gasteiger partial charge in [0.05, 0.1) is 0 Å². The maximum atomic E-state index is 9.21. The quantitative estimate of drug-likeness (QED) is 0.245. The SMILES string of the molecule is CC.CC.CCC.CCCN(CCC)/C(=N\O)c1ccc(Br)cc1. The first-order chi connectivity index (χ1) is 11.6. The van der Waals surface area contributed by atoms with Gasteiger partial charge in [-0.25, -0.2) is 0 Å². The molecule has 0 aliphatic heterocycles. The van der Waals surface area contributed by atoms with E-state index in [0.717, 1.165) is 36.0 Å². The minimum absolute atomic E-state index is 0.654. The normalized spacial score (nSPS) is 9.46. The Bertz CT molecular complexity index is 372. The van der Waals surface area contributed by atoms with Gasteiger partial charge in [-0.05, 0) is 25.0 Å². The lowest BCUT2D eigenvalue weighted by atomic mass is 10.2. The number of hydrogen-bond acceptors (Lipinski definition) is 2. The molecule has 0 atom stereocenters. The predicted octanol–water partition coefficient (Wildman–Crippen LogP) is 7.18. The van der Waals surface area contributed by atoms with Crippen molar-refractivity contribution in [3.05, 3.63) is 34.3 Å². The van der Waals surface area contributed by atoms with Crippen LogP contribution < -0.4 is 0 Å². The van der Waals surface area contributed by atoms with Crippen molar-refractivity contribution < 1.29 is 5.21 Å². The van der Waals surface area contributed by atoms with Gasteiger partial charge < -0.3 is 10.1 Å². The molecule has 24 heavy (non-hydrogen) atoms. The molecule has 0 saturated carbocycles. The summed E-state index contributed by atoms with van der Waals surface area (Å²) in [6.45, 7) is 18.3. The summed E-state index contributed by atoms with van der Waals surface area (Å²) in [4.78, 5) is 2.11. The average Bonchev–Trinajstić information content (AvgIpc) is 2.62. The summed E-state index contributed by atoms with van der Waals surface area (Å²) in [5.74, 6) is 0.654. The van der Waals surface area contributed by atoms with Crippen LogP contribution in [0.1, 0.15) is 80.2 Å². The second kappa shape index (κ2) is 22.0. The molecule has 1 aromatic rings. The van der Waals surface area contributed by atoms with Gasteiger partial charge in [-0.3, -0.25) is 0 Å². The minimum Gasteiger partial charge on any atom is -0.409 e. The third-order valence-electron chi connectivity index (χ3n) is 2.48. The second-order valence-electron chi connectivity index (χ2n) is 4.62. The molecule has 142 valence electrons. The third kappa shape index (κ3) is 13.4. The monoisotopic (exact) mass is 402 g/mol. The van der Waals surface area contributed by atoms with Gasteiger partial charge in [0.15, 0.2) is 5.84 Å². The summed E-state index contributed by atoms with van der Waals surface area (Å²) in [6, 6.07) is 7.82. The topological polar surface area (TPSA) is 35.8 Å². The average molecular weight is 403 g/mol. The van der Waals surface area contributed by atoms with Crippen molar-refractivity contribution in [1.82, 2.24) is 4.90 Å². The zero-order valence-electron chi connectivity index (χ0n) is 17.1. The standard InChI is InChI=1S/C13H19BrN2O.C3H8.2C2H6/c1-3-9-16(10-4-2)13(15-17)11-5-7-12(14)8-6-11;1-3-2;2*1-2/h5-8,17H,3-4,9-10H2,1-2H3;3H2,1-2H3;2*1-2H3/b15-13-;;;. The third-order valence-corrected chi connectivity index (χ3v) is 3.01. The van der Waals surface area contributed by atoms with E-state index in [1.807, 2.05) is 52.0 Å². The van der Waals surface area contributed by atoms with Crippen LogP contribution in [0.15, 0.2) is 33.9 Å². The van der Waals surface area contributed by atoms with Crippen molar-refractivity contribution in [1.29, 1.82) is 0 Å². The van der Waals surface area contributed by atoms with Crippen LogP contribution in [0.2, 0.25) is 0 Å². The molecular formula is C20H39BrN2O. The van der Waals surface area contributed by atoms with Crippen molar-refractivity contribution in [2.75, 3.05) is 13.1 Å². The van der Waals surface area contributed by atoms with E-state index in [1.54, 1.807) is 0 Å². The van der Waals surface area contributed by atoms with Crippen molar-refractivity contribution in [3.8, 4) is 0 Å². The van der Waals surface area contributed by atoms with E-state index in [9.17, 15) is 5.21 Å². The number of halogens is 1. The largest absolute Gasteiger partial charge is 0.409 e. The van der Waals surface area contributed by atoms with E-state index < -0.39 is 0 Å². The van der Waals surface area contributed by atoms with Crippen molar-refractivity contribution in [2.24, 2.45) is 5.16 Å². The summed E-state index contributed by atoms with van der Waals surface area (Å²) in [5, 5.41) is 12.7. The highest BCUT2D eigenvalue weighted by Crippen LogP contribution is 2.13. The molecule has 0 unspecified atom stereocenters. The molecule has 1 N–H and O–H groups in total. The molecule has 0 aromatic heterocycles. The van der Waals surface area contributed by atoms with E-state index in [2.05, 4.69) is 53.7 Å². The highest BCUT2D eigenvalue weighted by atomic mass is 79.9. The second-order valence-corrected chi connectivity index (χ2v) is 5.54. The number of rotatable bonds is 5. The van der Waals surface area contributed by atoms with E-state index in [-0.39, 0.29) is 0 Å². The molecule has 3 nitrogen and oxygen atoms in total. The van der Waals surface area contributed by atoms with E-state index in [4.69, 9.17) is 0 Å². The number of benzene rings is 1. The van der Waals surface area contributed by atoms with Gasteiger partial charge in [-0.2, -0.15) is 0 Å². The van der Waals surface area contributed by atoms with Crippen LogP contribution in [0.25, 0.3) is 0 Å². The molecule has 0 saturated heterocycles. The van der Waals surface area contributed by atoms with Crippen LogP contribution in [-0.2, 0) is 0 Å². The Hall–Kier alpha value is -1.03. The minimum atomic E-state index is 0.654. The molecule has 4 heteroatoms. The molecule has 0 spiro atoms. The molecule has 0 amide bonds. The van der Waals surface area contributed by atoms with Gasteiger partial charge in [0.2, 0.25) is 0 Å². The van der Waals surface area contributed by atoms with Gasteiger partial charge in [0.25, 0.3) is 0 Å². The molecule has 0 aliphatic rings. The molecule has 1 rings (SSSR count). The Morgan fingerprint density at radius 1 is 0.917 bits per heavy atom. The van der Waals surface area contributed by atoms with E-state index in [1.165, 1.54) is 6.42 Å². The number of oxime groups is 1. The summed E-state index contributed by atoms with van der Waals surface area (Å²) >= 11 is 3.40. The predicted molar refractivity (Wildman–Crippen MR) is 113 cm³/mol. The zero-order chi connectivity index (χ0) is 19.4. The summed E-state index contributed by atoms with van der Waals surface area (Å²) in [7, 11) is 0. The van der Waals surface area contributed by atoms with Gasteiger partial charge in [0.1, 0.15) is 0 Å². The van der Waals surface area contributed by atoms with Crippen molar-refractivity contribution >= 4 is 21.8 Å². The first-order valence-corrected chi connectivity index (χ1v) is 10.2. The van der Waals surface area contributed by atoms with Crippen LogP contribution in [0.4, 0.5) is 0 Å². The molecule has 0 aliphatic carbocycles. The molecule has 0 radical (unpaired) electrons. The number of amidine groups is 1. The maximum Gasteiger partial charge on any atom is 0.175 e. The lowest BCUT2D eigenvalue weighted by Crippen LogP contribution is -2.33. The maximum absolute atomic E-state index is 9.21. The zero-order valence-corrected chi connectivity index (χ0v) is 18.7. The van der Waals surface area contributed by atoms with Gasteiger partial charge in [0, 0.05) is 23.1 Å². The van der Waals surface area contributed by atoms with Gasteiger partial charge >= 0.3 is 0 Å². The fraction of sp³-hybridized carbons (Fsp3) is 0.650. The highest BCUT2D eigenvalue weighted by molar-refractivity contribution is 9.10. The first-order valence-electron chi connectivity index (χ1n) is 9.37. The van der Waals surface area contributed by atoms with Crippen LogP contribution in [0, 0.1) is 0 Å².